The van der Waals surface area contributed by atoms with Gasteiger partial charge in [-0.15, -0.1) is 0 Å². The molecule has 0 bridgehead atoms. The van der Waals surface area contributed by atoms with E-state index in [4.69, 9.17) is 9.84 Å². The van der Waals surface area contributed by atoms with Crippen LogP contribution < -0.4 is 4.74 Å². The van der Waals surface area contributed by atoms with E-state index in [0.717, 1.165) is 23.3 Å². The van der Waals surface area contributed by atoms with Gasteiger partial charge in [-0.05, 0) is 24.5 Å². The summed E-state index contributed by atoms with van der Waals surface area (Å²) in [7, 11) is 0. The molecule has 1 heterocycles. The van der Waals surface area contributed by atoms with Crippen LogP contribution in [-0.4, -0.2) is 17.2 Å². The van der Waals surface area contributed by atoms with Crippen molar-refractivity contribution in [3.8, 4) is 5.75 Å². The van der Waals surface area contributed by atoms with E-state index in [2.05, 4.69) is 12.1 Å². The zero-order valence-electron chi connectivity index (χ0n) is 9.93. The van der Waals surface area contributed by atoms with Crippen molar-refractivity contribution in [2.24, 2.45) is 0 Å². The van der Waals surface area contributed by atoms with Gasteiger partial charge in [0, 0.05) is 17.6 Å². The average Bonchev–Trinajstić information content (AvgIpc) is 2.89. The summed E-state index contributed by atoms with van der Waals surface area (Å²) in [5.41, 5.74) is 3.47. The Kier molecular flexibility index (Phi) is 2.67. The minimum Gasteiger partial charge on any atom is -0.481 e. The van der Waals surface area contributed by atoms with Crippen molar-refractivity contribution in [1.29, 1.82) is 0 Å². The third-order valence-corrected chi connectivity index (χ3v) is 3.36. The van der Waals surface area contributed by atoms with Gasteiger partial charge in [0.2, 0.25) is 0 Å². The van der Waals surface area contributed by atoms with Gasteiger partial charge in [-0.3, -0.25) is 4.79 Å². The number of hydrogen-bond acceptors (Lipinski definition) is 2. The van der Waals surface area contributed by atoms with Crippen LogP contribution in [-0.2, 0) is 11.2 Å². The van der Waals surface area contributed by atoms with Crippen LogP contribution in [0.4, 0.5) is 0 Å². The van der Waals surface area contributed by atoms with Crippen LogP contribution in [0.15, 0.2) is 36.4 Å². The largest absolute Gasteiger partial charge is 0.481 e. The molecule has 1 aromatic carbocycles. The van der Waals surface area contributed by atoms with Crippen LogP contribution in [0.1, 0.15) is 24.0 Å². The molecule has 0 aromatic heterocycles. The summed E-state index contributed by atoms with van der Waals surface area (Å²) < 4.78 is 5.92. The Labute approximate surface area is 105 Å². The van der Waals surface area contributed by atoms with E-state index >= 15 is 0 Å². The van der Waals surface area contributed by atoms with Gasteiger partial charge in [0.1, 0.15) is 11.9 Å². The van der Waals surface area contributed by atoms with Crippen molar-refractivity contribution in [2.75, 3.05) is 0 Å². The third kappa shape index (κ3) is 1.82. The second kappa shape index (κ2) is 4.33. The highest BCUT2D eigenvalue weighted by Crippen LogP contribution is 2.42. The average molecular weight is 242 g/mol. The number of para-hydroxylation sites is 1. The first-order valence-corrected chi connectivity index (χ1v) is 6.15. The van der Waals surface area contributed by atoms with E-state index in [9.17, 15) is 4.79 Å². The molecule has 1 aliphatic heterocycles. The number of fused-ring (bicyclic) bond motifs is 3. The topological polar surface area (TPSA) is 46.5 Å². The highest BCUT2D eigenvalue weighted by molar-refractivity contribution is 5.82. The van der Waals surface area contributed by atoms with Crippen LogP contribution in [0.2, 0.25) is 0 Å². The Morgan fingerprint density at radius 1 is 1.39 bits per heavy atom. The molecule has 0 amide bonds. The van der Waals surface area contributed by atoms with E-state index in [0.29, 0.717) is 6.42 Å². The van der Waals surface area contributed by atoms with Crippen molar-refractivity contribution < 1.29 is 14.6 Å². The highest BCUT2D eigenvalue weighted by atomic mass is 16.5. The molecular weight excluding hydrogens is 228 g/mol. The van der Waals surface area contributed by atoms with Gasteiger partial charge >= 0.3 is 5.97 Å². The van der Waals surface area contributed by atoms with E-state index in [1.165, 1.54) is 5.57 Å². The molecule has 1 aromatic rings. The summed E-state index contributed by atoms with van der Waals surface area (Å²) in [6.07, 6.45) is 7.79. The monoisotopic (exact) mass is 242 g/mol. The Morgan fingerprint density at radius 2 is 2.28 bits per heavy atom. The number of ether oxygens (including phenoxy) is 1. The maximum absolute atomic E-state index is 10.5. The molecule has 3 rings (SSSR count). The Bertz CT molecular complexity index is 555. The zero-order valence-corrected chi connectivity index (χ0v) is 9.93. The van der Waals surface area contributed by atoms with Gasteiger partial charge in [0.05, 0.1) is 0 Å². The lowest BCUT2D eigenvalue weighted by molar-refractivity contribution is -0.137. The van der Waals surface area contributed by atoms with Crippen LogP contribution in [0.3, 0.4) is 0 Å². The van der Waals surface area contributed by atoms with Gasteiger partial charge in [0.25, 0.3) is 0 Å². The molecule has 3 heteroatoms. The Hall–Kier alpha value is -2.03. The molecule has 1 unspecified atom stereocenters. The summed E-state index contributed by atoms with van der Waals surface area (Å²) >= 11 is 0. The highest BCUT2D eigenvalue weighted by Gasteiger charge is 2.29. The van der Waals surface area contributed by atoms with Crippen molar-refractivity contribution in [3.05, 3.63) is 47.6 Å². The number of carbonyl (C=O) groups is 1. The molecule has 0 fully saturated rings. The lowest BCUT2D eigenvalue weighted by atomic mass is 10.00. The number of allylic oxidation sites excluding steroid dienone is 2. The maximum Gasteiger partial charge on any atom is 0.303 e. The maximum atomic E-state index is 10.5. The van der Waals surface area contributed by atoms with Crippen molar-refractivity contribution in [1.82, 2.24) is 0 Å². The first-order chi connectivity index (χ1) is 8.75. The standard InChI is InChI=1S/C15H14O3/c16-14(17)9-2-5-10-4-1-7-12-11-6-3-8-13(11)18-15(10)12/h1,3-4,6-8,13H,2,5,9H2,(H,16,17). The Balaban J connectivity index is 1.82. The van der Waals surface area contributed by atoms with E-state index in [1.807, 2.05) is 24.3 Å². The second-order valence-corrected chi connectivity index (χ2v) is 4.59. The molecule has 0 radical (unpaired) electrons. The zero-order chi connectivity index (χ0) is 12.5. The lowest BCUT2D eigenvalue weighted by Gasteiger charge is -2.08. The van der Waals surface area contributed by atoms with E-state index < -0.39 is 5.97 Å². The van der Waals surface area contributed by atoms with Gasteiger partial charge in [0.15, 0.2) is 0 Å². The Morgan fingerprint density at radius 3 is 3.11 bits per heavy atom. The van der Waals surface area contributed by atoms with Gasteiger partial charge in [-0.2, -0.15) is 0 Å². The molecule has 92 valence electrons. The summed E-state index contributed by atoms with van der Waals surface area (Å²) in [6.45, 7) is 0. The third-order valence-electron chi connectivity index (χ3n) is 3.36. The number of rotatable bonds is 4. The second-order valence-electron chi connectivity index (χ2n) is 4.59. The molecule has 2 aliphatic rings. The predicted molar refractivity (Wildman–Crippen MR) is 68.5 cm³/mol. The normalized spacial score (nSPS) is 19.1. The molecule has 1 atom stereocenters. The molecule has 18 heavy (non-hydrogen) atoms. The van der Waals surface area contributed by atoms with Gasteiger partial charge < -0.3 is 9.84 Å². The molecule has 0 spiro atoms. The van der Waals surface area contributed by atoms with Gasteiger partial charge in [-0.25, -0.2) is 0 Å². The number of hydrogen-bond donors (Lipinski definition) is 1. The van der Waals surface area contributed by atoms with E-state index in [-0.39, 0.29) is 12.5 Å². The van der Waals surface area contributed by atoms with Gasteiger partial charge in [-0.1, -0.05) is 30.4 Å². The number of carboxylic acids is 1. The first kappa shape index (κ1) is 11.1. The quantitative estimate of drug-likeness (QED) is 0.883. The van der Waals surface area contributed by atoms with Crippen molar-refractivity contribution >= 4 is 11.5 Å². The smallest absolute Gasteiger partial charge is 0.303 e. The fourth-order valence-corrected chi connectivity index (χ4v) is 2.51. The number of benzene rings is 1. The minimum absolute atomic E-state index is 0.0561. The van der Waals surface area contributed by atoms with Crippen LogP contribution in [0.25, 0.3) is 5.57 Å². The molecule has 0 saturated heterocycles. The van der Waals surface area contributed by atoms with Crippen LogP contribution in [0, 0.1) is 0 Å². The lowest BCUT2D eigenvalue weighted by Crippen LogP contribution is -2.05. The van der Waals surface area contributed by atoms with Crippen molar-refractivity contribution in [2.45, 2.75) is 25.4 Å². The fourth-order valence-electron chi connectivity index (χ4n) is 2.51. The SMILES string of the molecule is O=C(O)CCCc1cccc2c1OC1C=CC=C21. The molecule has 1 aliphatic carbocycles. The fraction of sp³-hybridized carbons (Fsp3) is 0.267. The molecular formula is C15H14O3. The predicted octanol–water partition coefficient (Wildman–Crippen LogP) is 2.81. The number of aryl methyl sites for hydroxylation is 1. The van der Waals surface area contributed by atoms with Crippen molar-refractivity contribution in [3.63, 3.8) is 0 Å². The summed E-state index contributed by atoms with van der Waals surface area (Å²) in [5.74, 6) is 0.189. The summed E-state index contributed by atoms with van der Waals surface area (Å²) in [5, 5.41) is 8.67. The first-order valence-electron chi connectivity index (χ1n) is 6.15. The van der Waals surface area contributed by atoms with E-state index in [1.54, 1.807) is 0 Å². The molecule has 3 nitrogen and oxygen atoms in total. The minimum atomic E-state index is -0.744. The number of aliphatic carboxylic acids is 1. The molecule has 0 saturated carbocycles. The summed E-state index contributed by atoms with van der Waals surface area (Å²) in [4.78, 5) is 10.5. The number of carboxylic acid groups (broad SMARTS) is 1. The molecule has 1 N–H and O–H groups in total. The summed E-state index contributed by atoms with van der Waals surface area (Å²) in [6, 6.07) is 6.10. The van der Waals surface area contributed by atoms with Crippen LogP contribution >= 0.6 is 0 Å². The van der Waals surface area contributed by atoms with Crippen LogP contribution in [0.5, 0.6) is 5.75 Å².